The topological polar surface area (TPSA) is 38.8 Å². The summed E-state index contributed by atoms with van der Waals surface area (Å²) in [7, 11) is 0. The van der Waals surface area contributed by atoms with Crippen LogP contribution in [0.1, 0.15) is 24.9 Å². The summed E-state index contributed by atoms with van der Waals surface area (Å²) in [5.74, 6) is -0.280. The summed E-state index contributed by atoms with van der Waals surface area (Å²) < 4.78 is 5.10. The van der Waals surface area contributed by atoms with E-state index in [0.29, 0.717) is 0 Å². The third-order valence-corrected chi connectivity index (χ3v) is 3.70. The molecular formula is C18H19NO3. The summed E-state index contributed by atoms with van der Waals surface area (Å²) >= 11 is 0. The number of anilines is 1. The molecule has 1 aliphatic heterocycles. The van der Waals surface area contributed by atoms with Crippen LogP contribution in [0.25, 0.3) is 0 Å². The second kappa shape index (κ2) is 6.62. The molecule has 4 heteroatoms. The van der Waals surface area contributed by atoms with Gasteiger partial charge in [-0.1, -0.05) is 48.5 Å². The lowest BCUT2D eigenvalue weighted by Crippen LogP contribution is -2.23. The smallest absolute Gasteiger partial charge is 0.302 e. The number of rotatable bonds is 4. The molecule has 0 aromatic heterocycles. The van der Waals surface area contributed by atoms with Gasteiger partial charge in [-0.15, -0.1) is 0 Å². The van der Waals surface area contributed by atoms with Crippen LogP contribution in [0.2, 0.25) is 0 Å². The highest BCUT2D eigenvalue weighted by Crippen LogP contribution is 2.37. The molecule has 0 aliphatic carbocycles. The molecule has 0 spiro atoms. The van der Waals surface area contributed by atoms with Gasteiger partial charge >= 0.3 is 5.97 Å². The molecule has 0 bridgehead atoms. The van der Waals surface area contributed by atoms with Gasteiger partial charge in [0, 0.05) is 13.3 Å². The van der Waals surface area contributed by atoms with E-state index in [4.69, 9.17) is 9.57 Å². The molecule has 0 N–H and O–H groups in total. The van der Waals surface area contributed by atoms with E-state index in [1.807, 2.05) is 53.6 Å². The van der Waals surface area contributed by atoms with Crippen LogP contribution in [-0.2, 0) is 14.4 Å². The average Bonchev–Trinajstić information content (AvgIpc) is 2.99. The van der Waals surface area contributed by atoms with Crippen LogP contribution >= 0.6 is 0 Å². The van der Waals surface area contributed by atoms with E-state index in [9.17, 15) is 4.79 Å². The fourth-order valence-corrected chi connectivity index (χ4v) is 2.69. The largest absolute Gasteiger partial charge is 0.463 e. The first-order chi connectivity index (χ1) is 10.7. The molecule has 1 heterocycles. The second-order valence-corrected chi connectivity index (χ2v) is 5.35. The van der Waals surface area contributed by atoms with Crippen molar-refractivity contribution >= 4 is 11.7 Å². The van der Waals surface area contributed by atoms with Gasteiger partial charge in [0.1, 0.15) is 12.7 Å². The zero-order chi connectivity index (χ0) is 15.4. The van der Waals surface area contributed by atoms with Gasteiger partial charge in [0.15, 0.2) is 0 Å². The second-order valence-electron chi connectivity index (χ2n) is 5.35. The van der Waals surface area contributed by atoms with Crippen LogP contribution < -0.4 is 5.06 Å². The maximum atomic E-state index is 11.0. The number of nitrogens with zero attached hydrogens (tertiary/aromatic N) is 1. The van der Waals surface area contributed by atoms with Gasteiger partial charge in [-0.3, -0.25) is 9.63 Å². The standard InChI is InChI=1S/C18H19NO3/c1-14(20)21-13-17-12-18(15-8-4-2-5-9-15)19(22-17)16-10-6-3-7-11-16/h2-11,17-18H,12-13H2,1H3. The minimum Gasteiger partial charge on any atom is -0.463 e. The highest BCUT2D eigenvalue weighted by Gasteiger charge is 2.35. The van der Waals surface area contributed by atoms with Crippen molar-refractivity contribution < 1.29 is 14.4 Å². The lowest BCUT2D eigenvalue weighted by Gasteiger charge is -2.25. The Kier molecular flexibility index (Phi) is 4.39. The molecule has 3 rings (SSSR count). The van der Waals surface area contributed by atoms with Crippen molar-refractivity contribution in [2.45, 2.75) is 25.5 Å². The molecule has 2 atom stereocenters. The Morgan fingerprint density at radius 2 is 1.77 bits per heavy atom. The van der Waals surface area contributed by atoms with E-state index < -0.39 is 0 Å². The van der Waals surface area contributed by atoms with Crippen molar-refractivity contribution in [1.29, 1.82) is 0 Å². The van der Waals surface area contributed by atoms with Gasteiger partial charge in [0.2, 0.25) is 0 Å². The predicted octanol–water partition coefficient (Wildman–Crippen LogP) is 3.50. The summed E-state index contributed by atoms with van der Waals surface area (Å²) in [6.07, 6.45) is 0.654. The molecule has 114 valence electrons. The first-order valence-corrected chi connectivity index (χ1v) is 7.43. The molecule has 1 fully saturated rings. The van der Waals surface area contributed by atoms with E-state index in [1.54, 1.807) is 0 Å². The number of hydrogen-bond acceptors (Lipinski definition) is 4. The van der Waals surface area contributed by atoms with Gasteiger partial charge in [-0.25, -0.2) is 5.06 Å². The summed E-state index contributed by atoms with van der Waals surface area (Å²) in [6.45, 7) is 1.70. The van der Waals surface area contributed by atoms with Crippen molar-refractivity contribution in [3.05, 3.63) is 66.2 Å². The summed E-state index contributed by atoms with van der Waals surface area (Å²) in [6, 6.07) is 20.3. The van der Waals surface area contributed by atoms with Gasteiger partial charge in [-0.05, 0) is 17.7 Å². The lowest BCUT2D eigenvalue weighted by molar-refractivity contribution is -0.144. The molecule has 1 aliphatic rings. The molecule has 0 saturated carbocycles. The van der Waals surface area contributed by atoms with E-state index in [2.05, 4.69) is 12.1 Å². The first kappa shape index (κ1) is 14.6. The monoisotopic (exact) mass is 297 g/mol. The quantitative estimate of drug-likeness (QED) is 0.810. The van der Waals surface area contributed by atoms with Crippen molar-refractivity contribution in [3.63, 3.8) is 0 Å². The Morgan fingerprint density at radius 1 is 1.14 bits per heavy atom. The average molecular weight is 297 g/mol. The molecular weight excluding hydrogens is 278 g/mol. The zero-order valence-corrected chi connectivity index (χ0v) is 12.5. The number of carbonyl (C=O) groups is 1. The zero-order valence-electron chi connectivity index (χ0n) is 12.5. The summed E-state index contributed by atoms with van der Waals surface area (Å²) in [4.78, 5) is 17.0. The normalized spacial score (nSPS) is 20.9. The summed E-state index contributed by atoms with van der Waals surface area (Å²) in [5, 5.41) is 1.92. The fraction of sp³-hybridized carbons (Fsp3) is 0.278. The molecule has 2 aromatic carbocycles. The number of benzene rings is 2. The predicted molar refractivity (Wildman–Crippen MR) is 84.2 cm³/mol. The van der Waals surface area contributed by atoms with Crippen LogP contribution in [0, 0.1) is 0 Å². The highest BCUT2D eigenvalue weighted by atomic mass is 16.7. The maximum Gasteiger partial charge on any atom is 0.302 e. The molecule has 0 radical (unpaired) electrons. The van der Waals surface area contributed by atoms with Gasteiger partial charge in [-0.2, -0.15) is 0 Å². The first-order valence-electron chi connectivity index (χ1n) is 7.43. The number of hydrogen-bond donors (Lipinski definition) is 0. The maximum absolute atomic E-state index is 11.0. The van der Waals surface area contributed by atoms with Gasteiger partial charge in [0.05, 0.1) is 11.7 Å². The highest BCUT2D eigenvalue weighted by molar-refractivity contribution is 5.65. The Hall–Kier alpha value is -2.33. The van der Waals surface area contributed by atoms with Crippen LogP contribution in [0.15, 0.2) is 60.7 Å². The molecule has 1 saturated heterocycles. The number of para-hydroxylation sites is 1. The Bertz CT molecular complexity index is 567. The molecule has 4 nitrogen and oxygen atoms in total. The van der Waals surface area contributed by atoms with Gasteiger partial charge < -0.3 is 4.74 Å². The number of ether oxygens (including phenoxy) is 1. The third kappa shape index (κ3) is 3.28. The van der Waals surface area contributed by atoms with Crippen LogP contribution in [0.4, 0.5) is 5.69 Å². The van der Waals surface area contributed by atoms with E-state index in [1.165, 1.54) is 12.5 Å². The van der Waals surface area contributed by atoms with Crippen LogP contribution in [0.5, 0.6) is 0 Å². The molecule has 0 amide bonds. The van der Waals surface area contributed by atoms with Crippen molar-refractivity contribution in [2.24, 2.45) is 0 Å². The number of esters is 1. The Balaban J connectivity index is 1.82. The fourth-order valence-electron chi connectivity index (χ4n) is 2.69. The van der Waals surface area contributed by atoms with Crippen molar-refractivity contribution in [1.82, 2.24) is 0 Å². The van der Waals surface area contributed by atoms with Gasteiger partial charge in [0.25, 0.3) is 0 Å². The van der Waals surface area contributed by atoms with Crippen LogP contribution in [-0.4, -0.2) is 18.7 Å². The van der Waals surface area contributed by atoms with E-state index >= 15 is 0 Å². The van der Waals surface area contributed by atoms with E-state index in [0.717, 1.165) is 12.1 Å². The SMILES string of the molecule is CC(=O)OCC1CC(c2ccccc2)N(c2ccccc2)O1. The molecule has 2 aromatic rings. The molecule has 22 heavy (non-hydrogen) atoms. The third-order valence-electron chi connectivity index (χ3n) is 3.70. The summed E-state index contributed by atoms with van der Waals surface area (Å²) in [5.41, 5.74) is 2.19. The van der Waals surface area contributed by atoms with E-state index in [-0.39, 0.29) is 24.7 Å². The number of hydroxylamine groups is 1. The Labute approximate surface area is 130 Å². The minimum absolute atomic E-state index is 0.115. The number of carbonyl (C=O) groups excluding carboxylic acids is 1. The minimum atomic E-state index is -0.280. The molecule has 2 unspecified atom stereocenters. The van der Waals surface area contributed by atoms with Crippen molar-refractivity contribution in [3.8, 4) is 0 Å². The Morgan fingerprint density at radius 3 is 2.41 bits per heavy atom. The lowest BCUT2D eigenvalue weighted by atomic mass is 10.0. The van der Waals surface area contributed by atoms with Crippen molar-refractivity contribution in [2.75, 3.05) is 11.7 Å². The van der Waals surface area contributed by atoms with Crippen LogP contribution in [0.3, 0.4) is 0 Å².